The van der Waals surface area contributed by atoms with Crippen LogP contribution in [0.4, 0.5) is 0 Å². The molecule has 6 aliphatic rings. The van der Waals surface area contributed by atoms with Gasteiger partial charge in [0.15, 0.2) is 0 Å². The Morgan fingerprint density at radius 3 is 1.48 bits per heavy atom. The van der Waals surface area contributed by atoms with Crippen LogP contribution in [0.15, 0.2) is 12.2 Å². The molecule has 65 heavy (non-hydrogen) atoms. The Kier molecular flexibility index (Phi) is 24.2. The molecule has 0 aromatic rings. The SMILES string of the molecule is CC/C=C\CC1C(CC(=O)OC(CCCCCCCCC2CC2CC2CC2CCCCC)CCCCCCCCC2CC2CC2CC2CCCCC)CCC1OC(=O)C1CCN(C)CC1. The molecule has 6 fully saturated rings. The lowest BCUT2D eigenvalue weighted by Gasteiger charge is -2.30. The summed E-state index contributed by atoms with van der Waals surface area (Å²) in [6, 6.07) is 0. The maximum Gasteiger partial charge on any atom is 0.309 e. The number of allylic oxidation sites excluding steroid dienone is 2. The van der Waals surface area contributed by atoms with Gasteiger partial charge < -0.3 is 14.4 Å². The van der Waals surface area contributed by atoms with Crippen molar-refractivity contribution in [3.05, 3.63) is 12.2 Å². The van der Waals surface area contributed by atoms with Crippen molar-refractivity contribution < 1.29 is 19.1 Å². The number of esters is 2. The summed E-state index contributed by atoms with van der Waals surface area (Å²) in [6.07, 6.45) is 52.1. The highest BCUT2D eigenvalue weighted by Gasteiger charge is 2.46. The Hall–Kier alpha value is -1.36. The van der Waals surface area contributed by atoms with E-state index in [0.29, 0.717) is 6.42 Å². The number of piperidine rings is 1. The lowest BCUT2D eigenvalue weighted by atomic mass is 9.88. The highest BCUT2D eigenvalue weighted by atomic mass is 16.5. The fraction of sp³-hybridized carbons (Fsp3) is 0.933. The highest BCUT2D eigenvalue weighted by Crippen LogP contribution is 2.56. The van der Waals surface area contributed by atoms with Crippen LogP contribution in [-0.4, -0.2) is 49.2 Å². The monoisotopic (exact) mass is 904 g/mol. The van der Waals surface area contributed by atoms with Crippen LogP contribution in [0.3, 0.4) is 0 Å². The molecule has 0 spiro atoms. The van der Waals surface area contributed by atoms with Crippen molar-refractivity contribution in [1.82, 2.24) is 4.90 Å². The summed E-state index contributed by atoms with van der Waals surface area (Å²) in [5.74, 6) is 9.05. The van der Waals surface area contributed by atoms with Gasteiger partial charge in [-0.15, -0.1) is 0 Å². The Balaban J connectivity index is 0.857. The summed E-state index contributed by atoms with van der Waals surface area (Å²) in [7, 11) is 2.14. The second-order valence-electron chi connectivity index (χ2n) is 23.9. The van der Waals surface area contributed by atoms with E-state index in [1.807, 2.05) is 0 Å². The Labute approximate surface area is 402 Å². The van der Waals surface area contributed by atoms with Gasteiger partial charge in [0.05, 0.1) is 5.92 Å². The van der Waals surface area contributed by atoms with E-state index in [0.717, 1.165) is 112 Å². The molecule has 1 aliphatic heterocycles. The van der Waals surface area contributed by atoms with Gasteiger partial charge in [-0.2, -0.15) is 0 Å². The van der Waals surface area contributed by atoms with Gasteiger partial charge in [-0.1, -0.05) is 161 Å². The fourth-order valence-electron chi connectivity index (χ4n) is 13.3. The molecule has 374 valence electrons. The van der Waals surface area contributed by atoms with Gasteiger partial charge in [0.1, 0.15) is 12.2 Å². The Bertz CT molecular complexity index is 1280. The maximum atomic E-state index is 13.8. The van der Waals surface area contributed by atoms with Crippen molar-refractivity contribution in [2.75, 3.05) is 20.1 Å². The Morgan fingerprint density at radius 2 is 1.00 bits per heavy atom. The zero-order valence-electron chi connectivity index (χ0n) is 43.3. The zero-order valence-corrected chi connectivity index (χ0v) is 43.3. The van der Waals surface area contributed by atoms with E-state index in [9.17, 15) is 9.59 Å². The standard InChI is InChI=1S/C60H105NO4/c1-5-8-19-26-47-39-52(47)43-54-41-49(54)28-22-15-11-13-17-24-30-56(31-25-18-14-12-16-23-29-50-42-55(50)44-53-40-48(53)27-20-9-6-2)64-59(62)45-51-33-34-58(57(51)32-21-10-7-3)65-60(63)46-35-37-61(4)38-36-46/h10,21,46-58H,5-9,11-20,22-45H2,1-4H3/b21-10-. The van der Waals surface area contributed by atoms with Crippen LogP contribution in [0.2, 0.25) is 0 Å². The van der Waals surface area contributed by atoms with Crippen LogP contribution in [0, 0.1) is 65.1 Å². The van der Waals surface area contributed by atoms with Gasteiger partial charge in [0, 0.05) is 12.3 Å². The van der Waals surface area contributed by atoms with Gasteiger partial charge in [-0.05, 0) is 176 Å². The lowest BCUT2D eigenvalue weighted by Crippen LogP contribution is -2.36. The third-order valence-corrected chi connectivity index (χ3v) is 18.3. The zero-order chi connectivity index (χ0) is 45.6. The first-order valence-corrected chi connectivity index (χ1v) is 29.6. The van der Waals surface area contributed by atoms with E-state index in [2.05, 4.69) is 44.9 Å². The predicted octanol–water partition coefficient (Wildman–Crippen LogP) is 16.7. The van der Waals surface area contributed by atoms with Gasteiger partial charge in [0.25, 0.3) is 0 Å². The molecule has 0 radical (unpaired) electrons. The summed E-state index contributed by atoms with van der Waals surface area (Å²) in [4.78, 5) is 29.4. The van der Waals surface area contributed by atoms with E-state index >= 15 is 0 Å². The second-order valence-corrected chi connectivity index (χ2v) is 23.9. The molecule has 5 heteroatoms. The van der Waals surface area contributed by atoms with Crippen molar-refractivity contribution in [2.24, 2.45) is 65.1 Å². The first-order valence-electron chi connectivity index (χ1n) is 29.6. The average Bonchev–Trinajstić information content (AvgIpc) is 4.19. The van der Waals surface area contributed by atoms with E-state index in [-0.39, 0.29) is 41.9 Å². The van der Waals surface area contributed by atoms with Crippen molar-refractivity contribution >= 4 is 11.9 Å². The smallest absolute Gasteiger partial charge is 0.309 e. The van der Waals surface area contributed by atoms with E-state index < -0.39 is 0 Å². The molecular weight excluding hydrogens is 799 g/mol. The number of likely N-dealkylation sites (tertiary alicyclic amines) is 1. The maximum absolute atomic E-state index is 13.8. The van der Waals surface area contributed by atoms with E-state index in [4.69, 9.17) is 9.47 Å². The first kappa shape index (κ1) is 53.0. The molecule has 0 N–H and O–H groups in total. The number of unbranched alkanes of at least 4 members (excludes halogenated alkanes) is 14. The van der Waals surface area contributed by atoms with Gasteiger partial charge in [0.2, 0.25) is 0 Å². The number of nitrogens with zero attached hydrogens (tertiary/aromatic N) is 1. The number of carbonyl (C=O) groups is 2. The molecule has 5 aliphatic carbocycles. The molecule has 0 bridgehead atoms. The van der Waals surface area contributed by atoms with Crippen LogP contribution in [0.25, 0.3) is 0 Å². The molecule has 1 saturated heterocycles. The van der Waals surface area contributed by atoms with Crippen LogP contribution < -0.4 is 0 Å². The molecule has 5 nitrogen and oxygen atoms in total. The summed E-state index contributed by atoms with van der Waals surface area (Å²) in [5.41, 5.74) is 0. The molecule has 0 aromatic carbocycles. The summed E-state index contributed by atoms with van der Waals surface area (Å²) in [6.45, 7) is 8.75. The van der Waals surface area contributed by atoms with Crippen LogP contribution in [-0.2, 0) is 19.1 Å². The van der Waals surface area contributed by atoms with Crippen molar-refractivity contribution in [1.29, 1.82) is 0 Å². The topological polar surface area (TPSA) is 55.8 Å². The van der Waals surface area contributed by atoms with Crippen molar-refractivity contribution in [3.63, 3.8) is 0 Å². The number of hydrogen-bond donors (Lipinski definition) is 0. The van der Waals surface area contributed by atoms with Gasteiger partial charge in [-0.3, -0.25) is 9.59 Å². The normalized spacial score (nSPS) is 31.4. The minimum atomic E-state index is -0.0834. The molecule has 11 unspecified atom stereocenters. The third kappa shape index (κ3) is 20.3. The summed E-state index contributed by atoms with van der Waals surface area (Å²) < 4.78 is 12.7. The van der Waals surface area contributed by atoms with Crippen LogP contribution in [0.5, 0.6) is 0 Å². The molecule has 5 saturated carbocycles. The molecule has 1 heterocycles. The number of ether oxygens (including phenoxy) is 2. The quantitative estimate of drug-likeness (QED) is 0.0351. The fourth-order valence-corrected chi connectivity index (χ4v) is 13.3. The minimum Gasteiger partial charge on any atom is -0.462 e. The average molecular weight is 905 g/mol. The van der Waals surface area contributed by atoms with Crippen LogP contribution in [0.1, 0.15) is 258 Å². The molecule has 0 amide bonds. The molecule has 0 aromatic heterocycles. The minimum absolute atomic E-state index is 0.00567. The molecular formula is C60H105NO4. The van der Waals surface area contributed by atoms with E-state index in [1.54, 1.807) is 25.7 Å². The lowest BCUT2D eigenvalue weighted by molar-refractivity contribution is -0.158. The van der Waals surface area contributed by atoms with Crippen molar-refractivity contribution in [3.8, 4) is 0 Å². The molecule has 6 rings (SSSR count). The van der Waals surface area contributed by atoms with Gasteiger partial charge in [-0.25, -0.2) is 0 Å². The highest BCUT2D eigenvalue weighted by molar-refractivity contribution is 5.73. The van der Waals surface area contributed by atoms with Gasteiger partial charge >= 0.3 is 11.9 Å². The Morgan fingerprint density at radius 1 is 0.538 bits per heavy atom. The number of hydrogen-bond acceptors (Lipinski definition) is 5. The third-order valence-electron chi connectivity index (χ3n) is 18.3. The summed E-state index contributed by atoms with van der Waals surface area (Å²) in [5, 5.41) is 0. The largest absolute Gasteiger partial charge is 0.462 e. The first-order chi connectivity index (χ1) is 31.8. The second kappa shape index (κ2) is 29.6. The van der Waals surface area contributed by atoms with E-state index in [1.165, 1.54) is 154 Å². The predicted molar refractivity (Wildman–Crippen MR) is 273 cm³/mol. The number of rotatable bonds is 38. The van der Waals surface area contributed by atoms with Crippen LogP contribution >= 0.6 is 0 Å². The summed E-state index contributed by atoms with van der Waals surface area (Å²) >= 11 is 0. The van der Waals surface area contributed by atoms with Crippen molar-refractivity contribution in [2.45, 2.75) is 271 Å². The number of carbonyl (C=O) groups excluding carboxylic acids is 2. The molecule has 11 atom stereocenters.